The summed E-state index contributed by atoms with van der Waals surface area (Å²) in [4.78, 5) is 24.1. The van der Waals surface area contributed by atoms with Crippen molar-refractivity contribution in [3.63, 3.8) is 0 Å². The first-order chi connectivity index (χ1) is 8.23. The molecule has 0 spiro atoms. The molecule has 2 saturated heterocycles. The number of carbonyl (C=O) groups is 2. The minimum Gasteiger partial charge on any atom is -0.461 e. The average molecular weight is 250 g/mol. The molecular weight excluding hydrogens is 228 g/mol. The van der Waals surface area contributed by atoms with Gasteiger partial charge in [0.25, 0.3) is 0 Å². The summed E-state index contributed by atoms with van der Waals surface area (Å²) in [6, 6.07) is 0. The van der Waals surface area contributed by atoms with E-state index in [-0.39, 0.29) is 28.8 Å². The van der Waals surface area contributed by atoms with E-state index < -0.39 is 0 Å². The molecule has 18 heavy (non-hydrogen) atoms. The zero-order chi connectivity index (χ0) is 13.3. The monoisotopic (exact) mass is 250 g/mol. The zero-order valence-electron chi connectivity index (χ0n) is 11.7. The third-order valence-corrected chi connectivity index (χ3v) is 5.45. The van der Waals surface area contributed by atoms with Crippen LogP contribution in [0.2, 0.25) is 0 Å². The van der Waals surface area contributed by atoms with Crippen LogP contribution in [0.3, 0.4) is 0 Å². The molecule has 2 aliphatic carbocycles. The predicted molar refractivity (Wildman–Crippen MR) is 66.8 cm³/mol. The van der Waals surface area contributed by atoms with Gasteiger partial charge in [-0.2, -0.15) is 0 Å². The van der Waals surface area contributed by atoms with Gasteiger partial charge in [0.05, 0.1) is 5.92 Å². The normalized spacial score (nSPS) is 45.4. The minimum absolute atomic E-state index is 0.00806. The summed E-state index contributed by atoms with van der Waals surface area (Å²) < 4.78 is 5.58. The van der Waals surface area contributed by atoms with Gasteiger partial charge in [0.2, 0.25) is 0 Å². The molecule has 5 atom stereocenters. The van der Waals surface area contributed by atoms with Crippen molar-refractivity contribution in [1.82, 2.24) is 0 Å². The lowest BCUT2D eigenvalue weighted by Crippen LogP contribution is -2.53. The van der Waals surface area contributed by atoms with Crippen LogP contribution in [0.25, 0.3) is 0 Å². The van der Waals surface area contributed by atoms with Crippen LogP contribution in [0, 0.1) is 28.6 Å². The standard InChI is InChI=1S/C15H22O3/c1-14(2,3)11(16)7-15(4)10-6-8-5-9(10)13(17)18-12(8)15/h8-10,12H,5-7H2,1-4H3. The molecule has 2 heterocycles. The molecule has 0 radical (unpaired) electrons. The van der Waals surface area contributed by atoms with Crippen LogP contribution < -0.4 is 0 Å². The number of rotatable bonds is 2. The first kappa shape index (κ1) is 12.2. The van der Waals surface area contributed by atoms with Crippen molar-refractivity contribution < 1.29 is 14.3 Å². The Morgan fingerprint density at radius 3 is 2.61 bits per heavy atom. The van der Waals surface area contributed by atoms with E-state index in [0.29, 0.717) is 24.0 Å². The fraction of sp³-hybridized carbons (Fsp3) is 0.867. The van der Waals surface area contributed by atoms with Crippen LogP contribution in [0.5, 0.6) is 0 Å². The molecule has 4 bridgehead atoms. The lowest BCUT2D eigenvalue weighted by Gasteiger charge is -2.48. The highest BCUT2D eigenvalue weighted by molar-refractivity contribution is 5.85. The van der Waals surface area contributed by atoms with E-state index in [4.69, 9.17) is 4.74 Å². The maximum atomic E-state index is 12.3. The molecule has 3 nitrogen and oxygen atoms in total. The second-order valence-corrected chi connectivity index (χ2v) is 7.66. The van der Waals surface area contributed by atoms with E-state index in [0.717, 1.165) is 12.8 Å². The fourth-order valence-electron chi connectivity index (χ4n) is 4.35. The van der Waals surface area contributed by atoms with Crippen molar-refractivity contribution in [2.24, 2.45) is 28.6 Å². The largest absolute Gasteiger partial charge is 0.461 e. The van der Waals surface area contributed by atoms with Crippen molar-refractivity contribution in [2.45, 2.75) is 53.1 Å². The first-order valence-corrected chi connectivity index (χ1v) is 6.97. The Hall–Kier alpha value is -0.860. The van der Waals surface area contributed by atoms with Crippen molar-refractivity contribution in [3.05, 3.63) is 0 Å². The molecule has 0 amide bonds. The van der Waals surface area contributed by atoms with Crippen LogP contribution in [0.1, 0.15) is 47.0 Å². The second kappa shape index (κ2) is 3.37. The summed E-state index contributed by atoms with van der Waals surface area (Å²) in [6.45, 7) is 8.06. The smallest absolute Gasteiger partial charge is 0.309 e. The van der Waals surface area contributed by atoms with Crippen molar-refractivity contribution in [2.75, 3.05) is 0 Å². The highest BCUT2D eigenvalue weighted by Crippen LogP contribution is 2.64. The average Bonchev–Trinajstić information content (AvgIpc) is 2.72. The highest BCUT2D eigenvalue weighted by atomic mass is 16.6. The second-order valence-electron chi connectivity index (χ2n) is 7.66. The van der Waals surface area contributed by atoms with E-state index >= 15 is 0 Å². The van der Waals surface area contributed by atoms with Gasteiger partial charge in [-0.15, -0.1) is 0 Å². The number of ether oxygens (including phenoxy) is 1. The molecule has 0 N–H and O–H groups in total. The Balaban J connectivity index is 1.86. The summed E-state index contributed by atoms with van der Waals surface area (Å²) >= 11 is 0. The van der Waals surface area contributed by atoms with Gasteiger partial charge in [0.15, 0.2) is 0 Å². The number of hydrogen-bond acceptors (Lipinski definition) is 3. The van der Waals surface area contributed by atoms with Crippen LogP contribution in [-0.2, 0) is 14.3 Å². The lowest BCUT2D eigenvalue weighted by molar-refractivity contribution is -0.191. The van der Waals surface area contributed by atoms with Gasteiger partial charge in [0.1, 0.15) is 11.9 Å². The van der Waals surface area contributed by atoms with Crippen molar-refractivity contribution >= 4 is 11.8 Å². The number of hydrogen-bond donors (Lipinski definition) is 0. The van der Waals surface area contributed by atoms with Gasteiger partial charge in [-0.3, -0.25) is 9.59 Å². The molecular formula is C15H22O3. The van der Waals surface area contributed by atoms with Crippen LogP contribution in [-0.4, -0.2) is 17.9 Å². The molecule has 2 aliphatic heterocycles. The molecule has 4 aliphatic rings. The van der Waals surface area contributed by atoms with E-state index in [9.17, 15) is 9.59 Å². The Bertz CT molecular complexity index is 416. The number of Topliss-reactive ketones (excluding diaryl/α,β-unsaturated/α-hetero) is 1. The van der Waals surface area contributed by atoms with Gasteiger partial charge in [0, 0.05) is 17.3 Å². The fourth-order valence-corrected chi connectivity index (χ4v) is 4.35. The number of ketones is 1. The number of carbonyl (C=O) groups excluding carboxylic acids is 2. The third kappa shape index (κ3) is 1.42. The number of esters is 1. The van der Waals surface area contributed by atoms with Crippen LogP contribution >= 0.6 is 0 Å². The lowest BCUT2D eigenvalue weighted by atomic mass is 9.62. The molecule has 0 aromatic heterocycles. The molecule has 100 valence electrons. The van der Waals surface area contributed by atoms with E-state index in [2.05, 4.69) is 6.92 Å². The predicted octanol–water partition coefficient (Wildman–Crippen LogP) is 2.58. The molecule has 0 aromatic rings. The van der Waals surface area contributed by atoms with E-state index in [1.54, 1.807) is 0 Å². The Labute approximate surface area is 108 Å². The quantitative estimate of drug-likeness (QED) is 0.707. The molecule has 0 aromatic carbocycles. The Morgan fingerprint density at radius 1 is 1.39 bits per heavy atom. The van der Waals surface area contributed by atoms with Gasteiger partial charge in [-0.05, 0) is 24.7 Å². The summed E-state index contributed by atoms with van der Waals surface area (Å²) in [7, 11) is 0. The van der Waals surface area contributed by atoms with Crippen molar-refractivity contribution in [1.29, 1.82) is 0 Å². The minimum atomic E-state index is -0.298. The summed E-state index contributed by atoms with van der Waals surface area (Å²) in [5.41, 5.74) is -0.403. The molecule has 5 unspecified atom stereocenters. The maximum Gasteiger partial charge on any atom is 0.309 e. The maximum absolute atomic E-state index is 12.3. The molecule has 2 saturated carbocycles. The Morgan fingerprint density at radius 2 is 2.06 bits per heavy atom. The van der Waals surface area contributed by atoms with E-state index in [1.165, 1.54) is 0 Å². The van der Waals surface area contributed by atoms with Gasteiger partial charge in [-0.1, -0.05) is 27.7 Å². The van der Waals surface area contributed by atoms with E-state index in [1.807, 2.05) is 20.8 Å². The first-order valence-electron chi connectivity index (χ1n) is 6.97. The molecule has 3 heteroatoms. The highest BCUT2D eigenvalue weighted by Gasteiger charge is 2.67. The van der Waals surface area contributed by atoms with Gasteiger partial charge >= 0.3 is 5.97 Å². The van der Waals surface area contributed by atoms with Crippen molar-refractivity contribution in [3.8, 4) is 0 Å². The van der Waals surface area contributed by atoms with Gasteiger partial charge in [-0.25, -0.2) is 0 Å². The topological polar surface area (TPSA) is 43.4 Å². The summed E-state index contributed by atoms with van der Waals surface area (Å²) in [5.74, 6) is 1.23. The SMILES string of the molecule is CC(C)(C)C(=O)CC1(C)C2CC3CC2C(=O)OC31. The summed E-state index contributed by atoms with van der Waals surface area (Å²) in [5, 5.41) is 0. The molecule has 4 rings (SSSR count). The third-order valence-electron chi connectivity index (χ3n) is 5.45. The van der Waals surface area contributed by atoms with Crippen LogP contribution in [0.15, 0.2) is 0 Å². The van der Waals surface area contributed by atoms with Crippen LogP contribution in [0.4, 0.5) is 0 Å². The Kier molecular flexibility index (Phi) is 2.28. The number of fused-ring (bicyclic) bond motifs is 1. The summed E-state index contributed by atoms with van der Waals surface area (Å²) in [6.07, 6.45) is 2.63. The van der Waals surface area contributed by atoms with Gasteiger partial charge < -0.3 is 4.74 Å². The molecule has 4 fully saturated rings. The zero-order valence-corrected chi connectivity index (χ0v) is 11.7.